The van der Waals surface area contributed by atoms with Crippen LogP contribution < -0.4 is 11.1 Å². The maximum atomic E-state index is 11.8. The third-order valence-corrected chi connectivity index (χ3v) is 2.53. The lowest BCUT2D eigenvalue weighted by atomic mass is 10.1. The van der Waals surface area contributed by atoms with Crippen LogP contribution in [-0.2, 0) is 4.79 Å². The number of benzene rings is 1. The Bertz CT molecular complexity index is 542. The molecule has 0 bridgehead atoms. The number of carbonyl (C=O) groups is 2. The molecule has 0 atom stereocenters. The quantitative estimate of drug-likeness (QED) is 0.583. The molecule has 0 saturated heterocycles. The van der Waals surface area contributed by atoms with Crippen LogP contribution in [0.1, 0.15) is 16.8 Å². The highest BCUT2D eigenvalue weighted by Crippen LogP contribution is 2.25. The zero-order valence-corrected chi connectivity index (χ0v) is 11.3. The van der Waals surface area contributed by atoms with Crippen molar-refractivity contribution in [2.75, 3.05) is 26.0 Å². The lowest BCUT2D eigenvalue weighted by Gasteiger charge is -2.12. The summed E-state index contributed by atoms with van der Waals surface area (Å²) in [5.74, 6) is -0.779. The van der Waals surface area contributed by atoms with E-state index in [9.17, 15) is 19.7 Å². The zero-order valence-electron chi connectivity index (χ0n) is 11.3. The van der Waals surface area contributed by atoms with Crippen LogP contribution in [0.15, 0.2) is 18.2 Å². The minimum absolute atomic E-state index is 0.0447. The molecular formula is C12H16N4O4. The van der Waals surface area contributed by atoms with Crippen molar-refractivity contribution in [2.45, 2.75) is 6.42 Å². The summed E-state index contributed by atoms with van der Waals surface area (Å²) in [6, 6.07) is 4.03. The monoisotopic (exact) mass is 280 g/mol. The van der Waals surface area contributed by atoms with Crippen molar-refractivity contribution in [3.8, 4) is 0 Å². The number of anilines is 1. The van der Waals surface area contributed by atoms with Gasteiger partial charge in [0.15, 0.2) is 0 Å². The first-order valence-corrected chi connectivity index (χ1v) is 5.85. The number of carbonyl (C=O) groups excluding carboxylic acids is 2. The van der Waals surface area contributed by atoms with Gasteiger partial charge in [-0.3, -0.25) is 19.7 Å². The zero-order chi connectivity index (χ0) is 15.3. The van der Waals surface area contributed by atoms with Gasteiger partial charge in [-0.05, 0) is 12.1 Å². The third-order valence-electron chi connectivity index (χ3n) is 2.53. The van der Waals surface area contributed by atoms with E-state index in [2.05, 4.69) is 5.32 Å². The predicted molar refractivity (Wildman–Crippen MR) is 73.4 cm³/mol. The Morgan fingerprint density at radius 1 is 1.40 bits per heavy atom. The van der Waals surface area contributed by atoms with Crippen molar-refractivity contribution in [1.82, 2.24) is 4.90 Å². The number of hydrogen-bond donors (Lipinski definition) is 2. The van der Waals surface area contributed by atoms with E-state index in [1.54, 1.807) is 14.1 Å². The lowest BCUT2D eigenvalue weighted by molar-refractivity contribution is -0.384. The molecule has 0 aliphatic carbocycles. The first-order valence-electron chi connectivity index (χ1n) is 5.85. The van der Waals surface area contributed by atoms with E-state index >= 15 is 0 Å². The fourth-order valence-electron chi connectivity index (χ4n) is 1.55. The number of nitrogens with two attached hydrogens (primary N) is 1. The number of hydrogen-bond acceptors (Lipinski definition) is 5. The number of nitro benzene ring substituents is 1. The van der Waals surface area contributed by atoms with Gasteiger partial charge in [0.2, 0.25) is 5.91 Å². The number of nitrogens with zero attached hydrogens (tertiary/aromatic N) is 2. The summed E-state index contributed by atoms with van der Waals surface area (Å²) in [7, 11) is 3.17. The number of nitrogens with one attached hydrogen (secondary N) is 1. The molecule has 1 rings (SSSR count). The fraction of sp³-hybridized carbons (Fsp3) is 0.333. The topological polar surface area (TPSA) is 119 Å². The number of nitro groups is 1. The first-order chi connectivity index (χ1) is 9.32. The minimum Gasteiger partial charge on any atom is -0.379 e. The van der Waals surface area contributed by atoms with Crippen LogP contribution >= 0.6 is 0 Å². The maximum Gasteiger partial charge on any atom is 0.292 e. The summed E-state index contributed by atoms with van der Waals surface area (Å²) in [4.78, 5) is 34.2. The van der Waals surface area contributed by atoms with Crippen molar-refractivity contribution >= 4 is 23.2 Å². The number of amides is 2. The van der Waals surface area contributed by atoms with E-state index < -0.39 is 10.8 Å². The molecule has 8 heteroatoms. The smallest absolute Gasteiger partial charge is 0.292 e. The van der Waals surface area contributed by atoms with E-state index in [-0.39, 0.29) is 30.2 Å². The van der Waals surface area contributed by atoms with Crippen LogP contribution in [0.25, 0.3) is 0 Å². The summed E-state index contributed by atoms with van der Waals surface area (Å²) < 4.78 is 0. The Morgan fingerprint density at radius 2 is 2.05 bits per heavy atom. The minimum atomic E-state index is -0.559. The van der Waals surface area contributed by atoms with Crippen molar-refractivity contribution in [3.63, 3.8) is 0 Å². The van der Waals surface area contributed by atoms with E-state index in [1.165, 1.54) is 23.1 Å². The van der Waals surface area contributed by atoms with Gasteiger partial charge in [0.25, 0.3) is 11.6 Å². The summed E-state index contributed by atoms with van der Waals surface area (Å²) in [6.07, 6.45) is 0.0447. The molecule has 1 aromatic rings. The third kappa shape index (κ3) is 3.94. The van der Waals surface area contributed by atoms with Crippen molar-refractivity contribution < 1.29 is 14.5 Å². The van der Waals surface area contributed by atoms with Gasteiger partial charge >= 0.3 is 0 Å². The molecule has 2 amide bonds. The summed E-state index contributed by atoms with van der Waals surface area (Å²) >= 11 is 0. The molecule has 0 aliphatic rings. The molecule has 0 radical (unpaired) electrons. The van der Waals surface area contributed by atoms with Gasteiger partial charge in [-0.25, -0.2) is 0 Å². The van der Waals surface area contributed by atoms with E-state index in [4.69, 9.17) is 5.73 Å². The number of primary amides is 1. The van der Waals surface area contributed by atoms with Crippen LogP contribution in [0.2, 0.25) is 0 Å². The van der Waals surface area contributed by atoms with Crippen LogP contribution in [0.4, 0.5) is 11.4 Å². The van der Waals surface area contributed by atoms with Crippen molar-refractivity contribution in [2.24, 2.45) is 5.73 Å². The first kappa shape index (κ1) is 15.4. The van der Waals surface area contributed by atoms with E-state index in [0.717, 1.165) is 0 Å². The molecule has 20 heavy (non-hydrogen) atoms. The molecule has 0 heterocycles. The van der Waals surface area contributed by atoms with Crippen molar-refractivity contribution in [1.29, 1.82) is 0 Å². The fourth-order valence-corrected chi connectivity index (χ4v) is 1.55. The van der Waals surface area contributed by atoms with Crippen LogP contribution in [0, 0.1) is 10.1 Å². The Kier molecular flexibility index (Phi) is 5.01. The van der Waals surface area contributed by atoms with Crippen LogP contribution in [0.3, 0.4) is 0 Å². The Balaban J connectivity index is 3.02. The summed E-state index contributed by atoms with van der Waals surface area (Å²) in [5.41, 5.74) is 5.34. The molecule has 3 N–H and O–H groups in total. The van der Waals surface area contributed by atoms with E-state index in [1.807, 2.05) is 0 Å². The second-order valence-electron chi connectivity index (χ2n) is 4.33. The highest BCUT2D eigenvalue weighted by atomic mass is 16.6. The second-order valence-corrected chi connectivity index (χ2v) is 4.33. The van der Waals surface area contributed by atoms with Crippen LogP contribution in [0.5, 0.6) is 0 Å². The molecule has 0 spiro atoms. The van der Waals surface area contributed by atoms with Gasteiger partial charge in [-0.1, -0.05) is 0 Å². The van der Waals surface area contributed by atoms with Gasteiger partial charge in [0.1, 0.15) is 5.69 Å². The normalized spacial score (nSPS) is 9.90. The lowest BCUT2D eigenvalue weighted by Crippen LogP contribution is -2.22. The number of rotatable bonds is 6. The highest BCUT2D eigenvalue weighted by Gasteiger charge is 2.17. The molecule has 0 aromatic heterocycles. The Morgan fingerprint density at radius 3 is 2.55 bits per heavy atom. The second kappa shape index (κ2) is 6.50. The summed E-state index contributed by atoms with van der Waals surface area (Å²) in [5, 5.41) is 13.7. The summed E-state index contributed by atoms with van der Waals surface area (Å²) in [6.45, 7) is 0.162. The predicted octanol–water partition coefficient (Wildman–Crippen LogP) is 0.584. The van der Waals surface area contributed by atoms with Crippen LogP contribution in [-0.4, -0.2) is 42.3 Å². The molecule has 0 saturated carbocycles. The largest absolute Gasteiger partial charge is 0.379 e. The average molecular weight is 280 g/mol. The Hall–Kier alpha value is -2.64. The standard InChI is InChI=1S/C12H16N4O4/c1-15(2)12(18)8-3-4-10(16(19)20)9(7-8)14-6-5-11(13)17/h3-4,7,14H,5-6H2,1-2H3,(H2,13,17). The van der Waals surface area contributed by atoms with Gasteiger partial charge in [0.05, 0.1) is 4.92 Å². The Labute approximate surface area is 115 Å². The van der Waals surface area contributed by atoms with Gasteiger partial charge in [-0.2, -0.15) is 0 Å². The molecule has 0 unspecified atom stereocenters. The molecule has 8 nitrogen and oxygen atoms in total. The molecule has 0 aliphatic heterocycles. The highest BCUT2D eigenvalue weighted by molar-refractivity contribution is 5.95. The van der Waals surface area contributed by atoms with Gasteiger partial charge in [0, 0.05) is 38.7 Å². The van der Waals surface area contributed by atoms with Gasteiger partial charge < -0.3 is 16.0 Å². The molecule has 0 fully saturated rings. The molecule has 1 aromatic carbocycles. The van der Waals surface area contributed by atoms with E-state index in [0.29, 0.717) is 5.56 Å². The van der Waals surface area contributed by atoms with Gasteiger partial charge in [-0.15, -0.1) is 0 Å². The SMILES string of the molecule is CN(C)C(=O)c1ccc([N+](=O)[O-])c(NCCC(N)=O)c1. The average Bonchev–Trinajstić information content (AvgIpc) is 2.36. The van der Waals surface area contributed by atoms with Crippen molar-refractivity contribution in [3.05, 3.63) is 33.9 Å². The maximum absolute atomic E-state index is 11.8. The molecule has 108 valence electrons. The molecular weight excluding hydrogens is 264 g/mol.